The first kappa shape index (κ1) is 11.5. The lowest BCUT2D eigenvalue weighted by Crippen LogP contribution is -1.95. The zero-order valence-corrected chi connectivity index (χ0v) is 9.13. The van der Waals surface area contributed by atoms with Gasteiger partial charge in [-0.1, -0.05) is 11.6 Å². The van der Waals surface area contributed by atoms with Gasteiger partial charge in [-0.25, -0.2) is 0 Å². The molecule has 1 aromatic carbocycles. The van der Waals surface area contributed by atoms with Crippen LogP contribution in [-0.2, 0) is 6.42 Å². The molecule has 15 heavy (non-hydrogen) atoms. The number of nitrogens with zero attached hydrogens (tertiary/aromatic N) is 1. The maximum atomic E-state index is 9.62. The number of ether oxygens (including phenoxy) is 2. The van der Waals surface area contributed by atoms with Gasteiger partial charge in [0.05, 0.1) is 32.3 Å². The second kappa shape index (κ2) is 4.76. The van der Waals surface area contributed by atoms with E-state index in [2.05, 4.69) is 0 Å². The van der Waals surface area contributed by atoms with E-state index < -0.39 is 0 Å². The second-order valence-corrected chi connectivity index (χ2v) is 3.14. The number of hydrogen-bond acceptors (Lipinski definition) is 4. The van der Waals surface area contributed by atoms with E-state index in [1.54, 1.807) is 0 Å². The molecule has 0 aromatic heterocycles. The third-order valence-corrected chi connectivity index (χ3v) is 2.30. The van der Waals surface area contributed by atoms with Crippen LogP contribution in [0.5, 0.6) is 17.2 Å². The molecular formula is C10H10ClNO3. The highest BCUT2D eigenvalue weighted by Crippen LogP contribution is 2.42. The number of aromatic hydroxyl groups is 1. The molecule has 0 spiro atoms. The first-order valence-electron chi connectivity index (χ1n) is 4.15. The molecule has 0 saturated carbocycles. The summed E-state index contributed by atoms with van der Waals surface area (Å²) in [5.41, 5.74) is 0.366. The molecule has 1 rings (SSSR count). The standard InChI is InChI=1S/C10H10ClNO3/c1-14-8-5-7(13)6(3-4-12)10(15-2)9(8)11/h5,13H,3H2,1-2H3. The monoisotopic (exact) mass is 227 g/mol. The fraction of sp³-hybridized carbons (Fsp3) is 0.300. The number of methoxy groups -OCH3 is 2. The first-order valence-corrected chi connectivity index (χ1v) is 4.52. The average molecular weight is 228 g/mol. The topological polar surface area (TPSA) is 62.5 Å². The first-order chi connectivity index (χ1) is 7.15. The number of phenolic OH excluding ortho intramolecular Hbond substituents is 1. The summed E-state index contributed by atoms with van der Waals surface area (Å²) in [5.74, 6) is 0.525. The average Bonchev–Trinajstić information content (AvgIpc) is 2.23. The summed E-state index contributed by atoms with van der Waals surface area (Å²) in [7, 11) is 2.85. The van der Waals surface area contributed by atoms with Crippen LogP contribution in [0.15, 0.2) is 6.07 Å². The van der Waals surface area contributed by atoms with E-state index in [0.717, 1.165) is 0 Å². The van der Waals surface area contributed by atoms with Crippen LogP contribution in [0.4, 0.5) is 0 Å². The fourth-order valence-electron chi connectivity index (χ4n) is 1.25. The molecule has 0 radical (unpaired) electrons. The molecule has 1 N–H and O–H groups in total. The van der Waals surface area contributed by atoms with Gasteiger partial charge in [0.1, 0.15) is 22.3 Å². The van der Waals surface area contributed by atoms with Gasteiger partial charge < -0.3 is 14.6 Å². The van der Waals surface area contributed by atoms with Gasteiger partial charge >= 0.3 is 0 Å². The van der Waals surface area contributed by atoms with Gasteiger partial charge in [0, 0.05) is 6.07 Å². The molecule has 0 heterocycles. The Hall–Kier alpha value is -1.60. The van der Waals surface area contributed by atoms with Crippen molar-refractivity contribution >= 4 is 11.6 Å². The van der Waals surface area contributed by atoms with Crippen LogP contribution >= 0.6 is 11.6 Å². The summed E-state index contributed by atoms with van der Waals surface area (Å²) in [6.45, 7) is 0. The zero-order valence-electron chi connectivity index (χ0n) is 8.37. The van der Waals surface area contributed by atoms with Crippen molar-refractivity contribution in [2.45, 2.75) is 6.42 Å². The Labute approximate surface area is 92.6 Å². The lowest BCUT2D eigenvalue weighted by atomic mass is 10.1. The predicted octanol–water partition coefficient (Wildman–Crippen LogP) is 2.13. The number of benzene rings is 1. The molecule has 5 heteroatoms. The molecule has 0 aliphatic rings. The lowest BCUT2D eigenvalue weighted by Gasteiger charge is -2.12. The van der Waals surface area contributed by atoms with E-state index in [4.69, 9.17) is 26.3 Å². The molecule has 0 atom stereocenters. The number of phenols is 1. The van der Waals surface area contributed by atoms with E-state index in [1.807, 2.05) is 6.07 Å². The van der Waals surface area contributed by atoms with Crippen molar-refractivity contribution in [2.75, 3.05) is 14.2 Å². The number of halogens is 1. The Morgan fingerprint density at radius 1 is 1.47 bits per heavy atom. The minimum Gasteiger partial charge on any atom is -0.507 e. The van der Waals surface area contributed by atoms with Crippen LogP contribution in [0.3, 0.4) is 0 Å². The van der Waals surface area contributed by atoms with Crippen LogP contribution in [-0.4, -0.2) is 19.3 Å². The van der Waals surface area contributed by atoms with Crippen molar-refractivity contribution in [1.82, 2.24) is 0 Å². The fourth-order valence-corrected chi connectivity index (χ4v) is 1.57. The van der Waals surface area contributed by atoms with Gasteiger partial charge in [-0.3, -0.25) is 0 Å². The second-order valence-electron chi connectivity index (χ2n) is 2.76. The van der Waals surface area contributed by atoms with Gasteiger partial charge in [0.15, 0.2) is 0 Å². The van der Waals surface area contributed by atoms with Gasteiger partial charge in [0.2, 0.25) is 0 Å². The van der Waals surface area contributed by atoms with Gasteiger partial charge in [-0.2, -0.15) is 5.26 Å². The molecule has 0 bridgehead atoms. The maximum absolute atomic E-state index is 9.62. The molecule has 0 aliphatic carbocycles. The van der Waals surface area contributed by atoms with Crippen LogP contribution in [0.1, 0.15) is 5.56 Å². The Morgan fingerprint density at radius 3 is 2.60 bits per heavy atom. The largest absolute Gasteiger partial charge is 0.507 e. The summed E-state index contributed by atoms with van der Waals surface area (Å²) in [5, 5.41) is 18.5. The van der Waals surface area contributed by atoms with Gasteiger partial charge in [-0.05, 0) is 0 Å². The summed E-state index contributed by atoms with van der Waals surface area (Å²) in [6, 6.07) is 3.28. The molecule has 4 nitrogen and oxygen atoms in total. The highest BCUT2D eigenvalue weighted by molar-refractivity contribution is 6.33. The smallest absolute Gasteiger partial charge is 0.149 e. The predicted molar refractivity (Wildman–Crippen MR) is 55.5 cm³/mol. The highest BCUT2D eigenvalue weighted by atomic mass is 35.5. The SMILES string of the molecule is COc1cc(O)c(CC#N)c(OC)c1Cl. The summed E-state index contributed by atoms with van der Waals surface area (Å²) in [6.07, 6.45) is 0.0265. The van der Waals surface area contributed by atoms with Crippen LogP contribution in [0.25, 0.3) is 0 Å². The molecule has 0 aliphatic heterocycles. The van der Waals surface area contributed by atoms with Crippen LogP contribution in [0.2, 0.25) is 5.02 Å². The third-order valence-electron chi connectivity index (χ3n) is 1.95. The number of rotatable bonds is 3. The highest BCUT2D eigenvalue weighted by Gasteiger charge is 2.17. The van der Waals surface area contributed by atoms with Crippen molar-refractivity contribution in [2.24, 2.45) is 0 Å². The quantitative estimate of drug-likeness (QED) is 0.859. The Morgan fingerprint density at radius 2 is 2.13 bits per heavy atom. The molecule has 0 amide bonds. The summed E-state index contributed by atoms with van der Waals surface area (Å²) >= 11 is 5.95. The van der Waals surface area contributed by atoms with Crippen molar-refractivity contribution < 1.29 is 14.6 Å². The Bertz CT molecular complexity index is 412. The molecular weight excluding hydrogens is 218 g/mol. The van der Waals surface area contributed by atoms with Gasteiger partial charge in [-0.15, -0.1) is 0 Å². The maximum Gasteiger partial charge on any atom is 0.149 e. The minimum atomic E-state index is -0.0605. The molecule has 0 saturated heterocycles. The van der Waals surface area contributed by atoms with E-state index in [9.17, 15) is 5.11 Å². The van der Waals surface area contributed by atoms with Crippen molar-refractivity contribution in [3.05, 3.63) is 16.7 Å². The summed E-state index contributed by atoms with van der Waals surface area (Å²) < 4.78 is 9.98. The van der Waals surface area contributed by atoms with Crippen LogP contribution in [0, 0.1) is 11.3 Å². The molecule has 80 valence electrons. The number of hydrogen-bond donors (Lipinski definition) is 1. The van der Waals surface area contributed by atoms with E-state index in [0.29, 0.717) is 11.3 Å². The van der Waals surface area contributed by atoms with E-state index >= 15 is 0 Å². The third kappa shape index (κ3) is 2.08. The molecule has 1 aromatic rings. The van der Waals surface area contributed by atoms with Gasteiger partial charge in [0.25, 0.3) is 0 Å². The normalized spacial score (nSPS) is 9.47. The van der Waals surface area contributed by atoms with E-state index in [1.165, 1.54) is 20.3 Å². The van der Waals surface area contributed by atoms with Crippen molar-refractivity contribution in [1.29, 1.82) is 5.26 Å². The van der Waals surface area contributed by atoms with Crippen LogP contribution < -0.4 is 9.47 Å². The Balaban J connectivity index is 3.40. The Kier molecular flexibility index (Phi) is 3.64. The lowest BCUT2D eigenvalue weighted by molar-refractivity contribution is 0.381. The van der Waals surface area contributed by atoms with E-state index in [-0.39, 0.29) is 22.9 Å². The molecule has 0 unspecified atom stereocenters. The zero-order chi connectivity index (χ0) is 11.4. The summed E-state index contributed by atoms with van der Waals surface area (Å²) in [4.78, 5) is 0. The van der Waals surface area contributed by atoms with Crippen molar-refractivity contribution in [3.8, 4) is 23.3 Å². The molecule has 0 fully saturated rings. The minimum absolute atomic E-state index is 0.0265. The van der Waals surface area contributed by atoms with Crippen molar-refractivity contribution in [3.63, 3.8) is 0 Å². The number of nitriles is 1.